The normalized spacial score (nSPS) is 29.6. The van der Waals surface area contributed by atoms with E-state index in [1.807, 2.05) is 0 Å². The third-order valence-corrected chi connectivity index (χ3v) is 4.24. The van der Waals surface area contributed by atoms with Crippen LogP contribution in [0, 0.1) is 17.4 Å². The molecule has 0 aliphatic heterocycles. The molecule has 0 amide bonds. The first-order chi connectivity index (χ1) is 7.87. The van der Waals surface area contributed by atoms with Crippen LogP contribution in [0.4, 0.5) is 0 Å². The lowest BCUT2D eigenvalue weighted by Gasteiger charge is -2.36. The van der Waals surface area contributed by atoms with Crippen molar-refractivity contribution >= 4 is 8.07 Å². The zero-order valence-electron chi connectivity index (χ0n) is 11.7. The summed E-state index contributed by atoms with van der Waals surface area (Å²) in [6.45, 7) is 7.38. The van der Waals surface area contributed by atoms with Crippen LogP contribution in [0.2, 0.25) is 19.6 Å². The Morgan fingerprint density at radius 2 is 2.06 bits per heavy atom. The van der Waals surface area contributed by atoms with E-state index < -0.39 is 13.7 Å². The van der Waals surface area contributed by atoms with Crippen LogP contribution in [0.15, 0.2) is 0 Å². The summed E-state index contributed by atoms with van der Waals surface area (Å²) in [6.07, 6.45) is 5.15. The molecule has 1 aliphatic carbocycles. The molecular weight excluding hydrogens is 228 g/mol. The van der Waals surface area contributed by atoms with Gasteiger partial charge in [-0.2, -0.15) is 0 Å². The Morgan fingerprint density at radius 3 is 2.65 bits per heavy atom. The molecule has 0 bridgehead atoms. The third-order valence-electron chi connectivity index (χ3n) is 3.36. The summed E-state index contributed by atoms with van der Waals surface area (Å²) in [4.78, 5) is 0. The maximum Gasteiger partial charge on any atom is 0.129 e. The number of hydrogen-bond donors (Lipinski definition) is 1. The highest BCUT2D eigenvalue weighted by Crippen LogP contribution is 2.35. The molecule has 1 aliphatic rings. The quantitative estimate of drug-likeness (QED) is 0.620. The fraction of sp³-hybridized carbons (Fsp3) is 0.857. The van der Waals surface area contributed by atoms with E-state index in [2.05, 4.69) is 31.1 Å². The maximum absolute atomic E-state index is 10.7. The number of rotatable bonds is 3. The minimum absolute atomic E-state index is 0.292. The molecule has 0 saturated heterocycles. The summed E-state index contributed by atoms with van der Waals surface area (Å²) in [5, 5.41) is 10.7. The first kappa shape index (κ1) is 14.8. The molecule has 17 heavy (non-hydrogen) atoms. The minimum Gasteiger partial charge on any atom is -0.385 e. The van der Waals surface area contributed by atoms with Crippen molar-refractivity contribution in [2.45, 2.75) is 57.3 Å². The first-order valence-electron chi connectivity index (χ1n) is 6.63. The van der Waals surface area contributed by atoms with Gasteiger partial charge in [0.1, 0.15) is 13.7 Å². The molecule has 2 nitrogen and oxygen atoms in total. The highest BCUT2D eigenvalue weighted by Gasteiger charge is 2.37. The van der Waals surface area contributed by atoms with E-state index in [9.17, 15) is 5.11 Å². The predicted molar refractivity (Wildman–Crippen MR) is 74.5 cm³/mol. The van der Waals surface area contributed by atoms with Gasteiger partial charge in [-0.25, -0.2) is 0 Å². The second kappa shape index (κ2) is 6.04. The van der Waals surface area contributed by atoms with E-state index in [0.717, 1.165) is 32.3 Å². The third kappa shape index (κ3) is 4.83. The smallest absolute Gasteiger partial charge is 0.129 e. The second-order valence-corrected chi connectivity index (χ2v) is 10.9. The lowest BCUT2D eigenvalue weighted by molar-refractivity contribution is -0.00896. The Morgan fingerprint density at radius 1 is 1.35 bits per heavy atom. The molecule has 1 N–H and O–H groups in total. The summed E-state index contributed by atoms with van der Waals surface area (Å²) in [6, 6.07) is 0. The van der Waals surface area contributed by atoms with Gasteiger partial charge >= 0.3 is 0 Å². The van der Waals surface area contributed by atoms with E-state index in [1.165, 1.54) is 6.42 Å². The molecule has 0 unspecified atom stereocenters. The zero-order chi connectivity index (χ0) is 12.9. The van der Waals surface area contributed by atoms with Crippen LogP contribution in [-0.2, 0) is 4.74 Å². The average molecular weight is 254 g/mol. The van der Waals surface area contributed by atoms with E-state index in [4.69, 9.17) is 4.74 Å². The lowest BCUT2D eigenvalue weighted by Crippen LogP contribution is -2.40. The molecule has 0 spiro atoms. The van der Waals surface area contributed by atoms with Gasteiger partial charge in [0.15, 0.2) is 0 Å². The van der Waals surface area contributed by atoms with Crippen molar-refractivity contribution in [3.63, 3.8) is 0 Å². The van der Waals surface area contributed by atoms with Crippen molar-refractivity contribution in [3.8, 4) is 11.5 Å². The lowest BCUT2D eigenvalue weighted by atomic mass is 9.74. The van der Waals surface area contributed by atoms with Gasteiger partial charge < -0.3 is 9.84 Å². The van der Waals surface area contributed by atoms with Crippen molar-refractivity contribution in [1.82, 2.24) is 0 Å². The molecule has 0 aromatic carbocycles. The Kier molecular flexibility index (Phi) is 5.24. The fourth-order valence-electron chi connectivity index (χ4n) is 2.33. The van der Waals surface area contributed by atoms with Gasteiger partial charge in [-0.1, -0.05) is 32.0 Å². The van der Waals surface area contributed by atoms with Gasteiger partial charge in [0.2, 0.25) is 0 Å². The van der Waals surface area contributed by atoms with E-state index >= 15 is 0 Å². The van der Waals surface area contributed by atoms with Gasteiger partial charge in [-0.3, -0.25) is 0 Å². The highest BCUT2D eigenvalue weighted by molar-refractivity contribution is 6.83. The maximum atomic E-state index is 10.7. The second-order valence-electron chi connectivity index (χ2n) is 6.15. The summed E-state index contributed by atoms with van der Waals surface area (Å²) in [7, 11) is 0.316. The van der Waals surface area contributed by atoms with Crippen molar-refractivity contribution in [3.05, 3.63) is 0 Å². The van der Waals surface area contributed by atoms with Crippen molar-refractivity contribution in [2.75, 3.05) is 13.7 Å². The summed E-state index contributed by atoms with van der Waals surface area (Å²) < 4.78 is 5.13. The molecule has 0 aromatic rings. The molecular formula is C14H26O2Si. The number of aliphatic hydroxyl groups is 1. The minimum atomic E-state index is -1.40. The van der Waals surface area contributed by atoms with Crippen LogP contribution in [0.5, 0.6) is 0 Å². The van der Waals surface area contributed by atoms with Crippen LogP contribution in [0.1, 0.15) is 32.1 Å². The highest BCUT2D eigenvalue weighted by atomic mass is 28.3. The standard InChI is InChI=1S/C14H26O2Si/c1-16-11-8-13-7-5-6-9-14(13,15)10-12-17(2,3)4/h13,15H,5-9,11H2,1-4H3/t13-,14+/m0/s1. The Bertz CT molecular complexity index is 298. The van der Waals surface area contributed by atoms with Crippen molar-refractivity contribution in [2.24, 2.45) is 5.92 Å². The predicted octanol–water partition coefficient (Wildman–Crippen LogP) is 2.83. The number of ether oxygens (including phenoxy) is 1. The molecule has 0 aromatic heterocycles. The van der Waals surface area contributed by atoms with Crippen molar-refractivity contribution < 1.29 is 9.84 Å². The van der Waals surface area contributed by atoms with Gasteiger partial charge in [-0.05, 0) is 25.7 Å². The largest absolute Gasteiger partial charge is 0.385 e. The molecule has 3 heteroatoms. The van der Waals surface area contributed by atoms with Gasteiger partial charge in [0.05, 0.1) is 0 Å². The van der Waals surface area contributed by atoms with E-state index in [-0.39, 0.29) is 0 Å². The molecule has 2 atom stereocenters. The van der Waals surface area contributed by atoms with Crippen LogP contribution in [0.25, 0.3) is 0 Å². The molecule has 1 fully saturated rings. The van der Waals surface area contributed by atoms with Gasteiger partial charge in [-0.15, -0.1) is 5.54 Å². The van der Waals surface area contributed by atoms with Crippen LogP contribution in [0.3, 0.4) is 0 Å². The molecule has 1 saturated carbocycles. The zero-order valence-corrected chi connectivity index (χ0v) is 12.7. The first-order valence-corrected chi connectivity index (χ1v) is 10.1. The monoisotopic (exact) mass is 254 g/mol. The molecule has 0 radical (unpaired) electrons. The Balaban J connectivity index is 2.75. The van der Waals surface area contributed by atoms with E-state index in [1.54, 1.807) is 7.11 Å². The summed E-state index contributed by atoms with van der Waals surface area (Å²) >= 11 is 0. The fourth-order valence-corrected chi connectivity index (χ4v) is 2.92. The summed E-state index contributed by atoms with van der Waals surface area (Å²) in [5.41, 5.74) is 2.58. The van der Waals surface area contributed by atoms with Gasteiger partial charge in [0.25, 0.3) is 0 Å². The van der Waals surface area contributed by atoms with E-state index in [0.29, 0.717) is 5.92 Å². The van der Waals surface area contributed by atoms with Crippen molar-refractivity contribution in [1.29, 1.82) is 0 Å². The van der Waals surface area contributed by atoms with Crippen LogP contribution in [-0.4, -0.2) is 32.5 Å². The van der Waals surface area contributed by atoms with Crippen LogP contribution >= 0.6 is 0 Å². The average Bonchev–Trinajstić information content (AvgIpc) is 2.25. The molecule has 98 valence electrons. The Labute approximate surface area is 107 Å². The number of hydrogen-bond acceptors (Lipinski definition) is 2. The number of methoxy groups -OCH3 is 1. The van der Waals surface area contributed by atoms with Gasteiger partial charge in [0, 0.05) is 19.6 Å². The Hall–Kier alpha value is -0.303. The SMILES string of the molecule is COCC[C@@H]1CCCC[C@@]1(O)C#C[Si](C)(C)C. The molecule has 1 rings (SSSR count). The topological polar surface area (TPSA) is 29.5 Å². The van der Waals surface area contributed by atoms with Crippen LogP contribution < -0.4 is 0 Å². The molecule has 0 heterocycles. The summed E-state index contributed by atoms with van der Waals surface area (Å²) in [5.74, 6) is 3.50.